The molecule has 3 amide bonds. The third kappa shape index (κ3) is 4.76. The first-order valence-corrected chi connectivity index (χ1v) is 13.9. The van der Waals surface area contributed by atoms with Crippen LogP contribution in [0.1, 0.15) is 64.7 Å². The molecule has 1 aromatic carbocycles. The summed E-state index contributed by atoms with van der Waals surface area (Å²) in [5.41, 5.74) is -0.514. The summed E-state index contributed by atoms with van der Waals surface area (Å²) < 4.78 is 11.7. The predicted octanol–water partition coefficient (Wildman–Crippen LogP) is 3.81. The SMILES string of the molecule is CCCCCCN1C(=O)[C@H]2[C@H](C(=O)Nc3cccc(OC)c3)[C@H]3C=C[C@@]2(O3)[C@H]1C(=O)NC1CCCCC1. The van der Waals surface area contributed by atoms with Crippen LogP contribution < -0.4 is 15.4 Å². The molecule has 3 aliphatic heterocycles. The van der Waals surface area contributed by atoms with E-state index in [9.17, 15) is 14.4 Å². The molecule has 1 aliphatic carbocycles. The first-order chi connectivity index (χ1) is 18.0. The van der Waals surface area contributed by atoms with Gasteiger partial charge in [0.15, 0.2) is 0 Å². The fourth-order valence-corrected chi connectivity index (χ4v) is 6.67. The van der Waals surface area contributed by atoms with Crippen LogP contribution in [0.4, 0.5) is 5.69 Å². The Bertz CT molecular complexity index is 1050. The van der Waals surface area contributed by atoms with Crippen molar-refractivity contribution in [3.05, 3.63) is 36.4 Å². The van der Waals surface area contributed by atoms with E-state index in [-0.39, 0.29) is 23.8 Å². The molecule has 2 saturated heterocycles. The summed E-state index contributed by atoms with van der Waals surface area (Å²) in [7, 11) is 1.57. The first-order valence-electron chi connectivity index (χ1n) is 13.9. The van der Waals surface area contributed by atoms with E-state index < -0.39 is 29.6 Å². The van der Waals surface area contributed by atoms with Gasteiger partial charge in [0.25, 0.3) is 0 Å². The van der Waals surface area contributed by atoms with E-state index in [1.54, 1.807) is 36.3 Å². The molecule has 5 atom stereocenters. The molecular formula is C29H39N3O5. The van der Waals surface area contributed by atoms with E-state index in [1.165, 1.54) is 6.42 Å². The summed E-state index contributed by atoms with van der Waals surface area (Å²) in [6, 6.07) is 6.51. The number of unbranched alkanes of at least 4 members (excludes halogenated alkanes) is 3. The van der Waals surface area contributed by atoms with Crippen LogP contribution in [0.15, 0.2) is 36.4 Å². The van der Waals surface area contributed by atoms with Gasteiger partial charge >= 0.3 is 0 Å². The topological polar surface area (TPSA) is 97.0 Å². The van der Waals surface area contributed by atoms with Crippen LogP contribution in [-0.2, 0) is 19.1 Å². The number of nitrogens with zero attached hydrogens (tertiary/aromatic N) is 1. The van der Waals surface area contributed by atoms with E-state index in [1.807, 2.05) is 12.2 Å². The van der Waals surface area contributed by atoms with Crippen molar-refractivity contribution in [1.82, 2.24) is 10.2 Å². The average Bonchev–Trinajstić information content (AvgIpc) is 3.54. The van der Waals surface area contributed by atoms with Gasteiger partial charge in [-0.3, -0.25) is 14.4 Å². The largest absolute Gasteiger partial charge is 0.497 e. The second kappa shape index (κ2) is 10.9. The lowest BCUT2D eigenvalue weighted by molar-refractivity contribution is -0.141. The van der Waals surface area contributed by atoms with Crippen molar-refractivity contribution >= 4 is 23.4 Å². The second-order valence-electron chi connectivity index (χ2n) is 10.9. The minimum absolute atomic E-state index is 0.128. The number of hydrogen-bond acceptors (Lipinski definition) is 5. The molecule has 1 aromatic rings. The quantitative estimate of drug-likeness (QED) is 0.369. The Balaban J connectivity index is 1.40. The van der Waals surface area contributed by atoms with Crippen LogP contribution in [0.5, 0.6) is 5.75 Å². The zero-order valence-electron chi connectivity index (χ0n) is 21.9. The van der Waals surface area contributed by atoms with E-state index >= 15 is 0 Å². The molecule has 1 spiro atoms. The highest BCUT2D eigenvalue weighted by Gasteiger charge is 2.72. The van der Waals surface area contributed by atoms with E-state index in [0.717, 1.165) is 51.4 Å². The van der Waals surface area contributed by atoms with Crippen molar-refractivity contribution in [2.24, 2.45) is 11.8 Å². The summed E-state index contributed by atoms with van der Waals surface area (Å²) in [6.07, 6.45) is 12.5. The highest BCUT2D eigenvalue weighted by molar-refractivity contribution is 6.02. The Labute approximate surface area is 219 Å². The van der Waals surface area contributed by atoms with Crippen LogP contribution in [-0.4, -0.2) is 60.1 Å². The number of carbonyl (C=O) groups is 3. The molecule has 200 valence electrons. The third-order valence-electron chi connectivity index (χ3n) is 8.47. The van der Waals surface area contributed by atoms with Gasteiger partial charge in [-0.05, 0) is 31.4 Å². The molecule has 0 aromatic heterocycles. The smallest absolute Gasteiger partial charge is 0.246 e. The zero-order valence-corrected chi connectivity index (χ0v) is 21.9. The number of carbonyl (C=O) groups excluding carboxylic acids is 3. The summed E-state index contributed by atoms with van der Waals surface area (Å²) >= 11 is 0. The van der Waals surface area contributed by atoms with Crippen molar-refractivity contribution in [1.29, 1.82) is 0 Å². The van der Waals surface area contributed by atoms with Crippen molar-refractivity contribution in [2.45, 2.75) is 88.5 Å². The minimum Gasteiger partial charge on any atom is -0.497 e. The number of likely N-dealkylation sites (tertiary alicyclic amines) is 1. The average molecular weight is 510 g/mol. The number of amides is 3. The Hall–Kier alpha value is -2.87. The number of anilines is 1. The van der Waals surface area contributed by atoms with Gasteiger partial charge in [-0.15, -0.1) is 0 Å². The maximum absolute atomic E-state index is 13.9. The highest BCUT2D eigenvalue weighted by Crippen LogP contribution is 2.55. The van der Waals surface area contributed by atoms with Crippen molar-refractivity contribution in [2.75, 3.05) is 19.0 Å². The number of rotatable bonds is 10. The summed E-state index contributed by atoms with van der Waals surface area (Å²) in [5.74, 6) is -1.37. The lowest BCUT2D eigenvalue weighted by Gasteiger charge is -2.34. The Kier molecular flexibility index (Phi) is 7.56. The molecule has 37 heavy (non-hydrogen) atoms. The van der Waals surface area contributed by atoms with Gasteiger partial charge < -0.3 is 25.0 Å². The van der Waals surface area contributed by atoms with Crippen molar-refractivity contribution < 1.29 is 23.9 Å². The molecule has 2 bridgehead atoms. The normalized spacial score (nSPS) is 30.4. The van der Waals surface area contributed by atoms with Crippen molar-refractivity contribution in [3.8, 4) is 5.75 Å². The minimum atomic E-state index is -1.11. The van der Waals surface area contributed by atoms with Crippen LogP contribution in [0.3, 0.4) is 0 Å². The molecular weight excluding hydrogens is 470 g/mol. The molecule has 3 heterocycles. The van der Waals surface area contributed by atoms with Crippen molar-refractivity contribution in [3.63, 3.8) is 0 Å². The van der Waals surface area contributed by atoms with Crippen LogP contribution in [0.2, 0.25) is 0 Å². The monoisotopic (exact) mass is 509 g/mol. The van der Waals surface area contributed by atoms with Crippen LogP contribution in [0, 0.1) is 11.8 Å². The maximum Gasteiger partial charge on any atom is 0.246 e. The second-order valence-corrected chi connectivity index (χ2v) is 10.9. The highest BCUT2D eigenvalue weighted by atomic mass is 16.5. The molecule has 5 rings (SSSR count). The molecule has 3 fully saturated rings. The lowest BCUT2D eigenvalue weighted by atomic mass is 9.74. The molecule has 8 nitrogen and oxygen atoms in total. The van der Waals surface area contributed by atoms with E-state index in [2.05, 4.69) is 17.6 Å². The molecule has 8 heteroatoms. The first kappa shape index (κ1) is 25.8. The lowest BCUT2D eigenvalue weighted by Crippen LogP contribution is -2.56. The Morgan fingerprint density at radius 1 is 1.14 bits per heavy atom. The standard InChI is InChI=1S/C29H39N3O5/c1-3-4-5-9-17-32-25(27(34)30-19-11-7-6-8-12-19)29-16-15-22(37-29)23(24(29)28(32)35)26(33)31-20-13-10-14-21(18-20)36-2/h10,13-16,18-19,22-25H,3-9,11-12,17H2,1-2H3,(H,30,34)(H,31,33)/t22-,23-,24-,25-,29+/m1/s1. The van der Waals surface area contributed by atoms with Gasteiger partial charge in [-0.2, -0.15) is 0 Å². The summed E-state index contributed by atoms with van der Waals surface area (Å²) in [4.78, 5) is 43.0. The number of fused-ring (bicyclic) bond motifs is 1. The van der Waals surface area contributed by atoms with E-state index in [0.29, 0.717) is 18.0 Å². The number of benzene rings is 1. The molecule has 0 unspecified atom stereocenters. The maximum atomic E-state index is 13.9. The Morgan fingerprint density at radius 2 is 1.95 bits per heavy atom. The van der Waals surface area contributed by atoms with Crippen LogP contribution in [0.25, 0.3) is 0 Å². The molecule has 4 aliphatic rings. The van der Waals surface area contributed by atoms with Gasteiger partial charge in [-0.1, -0.05) is 63.7 Å². The fraction of sp³-hybridized carbons (Fsp3) is 0.621. The third-order valence-corrected chi connectivity index (χ3v) is 8.47. The van der Waals surface area contributed by atoms with Gasteiger partial charge in [0, 0.05) is 24.3 Å². The Morgan fingerprint density at radius 3 is 2.70 bits per heavy atom. The predicted molar refractivity (Wildman–Crippen MR) is 140 cm³/mol. The molecule has 1 saturated carbocycles. The summed E-state index contributed by atoms with van der Waals surface area (Å²) in [5, 5.41) is 6.19. The number of methoxy groups -OCH3 is 1. The van der Waals surface area contributed by atoms with Gasteiger partial charge in [0.2, 0.25) is 17.7 Å². The van der Waals surface area contributed by atoms with Gasteiger partial charge in [-0.25, -0.2) is 0 Å². The molecule has 2 N–H and O–H groups in total. The van der Waals surface area contributed by atoms with E-state index in [4.69, 9.17) is 9.47 Å². The number of nitrogens with one attached hydrogen (secondary N) is 2. The van der Waals surface area contributed by atoms with Gasteiger partial charge in [0.1, 0.15) is 17.4 Å². The van der Waals surface area contributed by atoms with Crippen LogP contribution >= 0.6 is 0 Å². The zero-order chi connectivity index (χ0) is 26.0. The number of ether oxygens (including phenoxy) is 2. The summed E-state index contributed by atoms with van der Waals surface area (Å²) in [6.45, 7) is 2.64. The number of hydrogen-bond donors (Lipinski definition) is 2. The molecule has 0 radical (unpaired) electrons. The fourth-order valence-electron chi connectivity index (χ4n) is 6.67. The van der Waals surface area contributed by atoms with Gasteiger partial charge in [0.05, 0.1) is 25.0 Å².